The molecule has 2 heterocycles. The number of hydrogen-bond acceptors (Lipinski definition) is 8. The third-order valence-corrected chi connectivity index (χ3v) is 9.66. The molecule has 0 fully saturated rings. The van der Waals surface area contributed by atoms with E-state index in [0.717, 1.165) is 31.8 Å². The molecular formula is C24H28N2O6S4. The van der Waals surface area contributed by atoms with Crippen LogP contribution in [0, 0.1) is 0 Å². The standard InChI is InChI=1S/C24H28N2O6S4/c1-18(16-23-25(12-6-14-35(27,28)29)19-8-2-4-10-21(19)33-23)17-24-26(13-7-15-36(30,31)32)20-9-3-5-11-22(20)34-24/h2-5,8-11,16-17,23H,6-7,12-15H2,1H3,(H,27,28,29)(H,30,31,32)/b18-16+,24-17+. The molecule has 194 valence electrons. The second-order valence-corrected chi connectivity index (χ2v) is 13.9. The summed E-state index contributed by atoms with van der Waals surface area (Å²) in [6, 6.07) is 15.9. The van der Waals surface area contributed by atoms with Gasteiger partial charge in [-0.3, -0.25) is 9.11 Å². The van der Waals surface area contributed by atoms with Crippen molar-refractivity contribution < 1.29 is 25.9 Å². The highest BCUT2D eigenvalue weighted by molar-refractivity contribution is 8.03. The lowest BCUT2D eigenvalue weighted by atomic mass is 10.2. The van der Waals surface area contributed by atoms with Crippen LogP contribution < -0.4 is 9.80 Å². The zero-order valence-electron chi connectivity index (χ0n) is 19.6. The molecule has 0 bridgehead atoms. The van der Waals surface area contributed by atoms with Crippen molar-refractivity contribution in [3.05, 3.63) is 71.3 Å². The van der Waals surface area contributed by atoms with Gasteiger partial charge in [-0.1, -0.05) is 47.8 Å². The maximum Gasteiger partial charge on any atom is 0.264 e. The van der Waals surface area contributed by atoms with Gasteiger partial charge in [0.2, 0.25) is 0 Å². The van der Waals surface area contributed by atoms with E-state index < -0.39 is 20.2 Å². The number of hydrogen-bond donors (Lipinski definition) is 2. The summed E-state index contributed by atoms with van der Waals surface area (Å²) in [4.78, 5) is 6.41. The van der Waals surface area contributed by atoms with E-state index in [9.17, 15) is 16.8 Å². The van der Waals surface area contributed by atoms with Gasteiger partial charge in [0, 0.05) is 22.9 Å². The number of anilines is 2. The number of thioether (sulfide) groups is 2. The number of para-hydroxylation sites is 2. The van der Waals surface area contributed by atoms with E-state index >= 15 is 0 Å². The van der Waals surface area contributed by atoms with Gasteiger partial charge in [0.05, 0.1) is 33.3 Å². The molecule has 0 radical (unpaired) electrons. The summed E-state index contributed by atoms with van der Waals surface area (Å²) in [6.45, 7) is 2.94. The molecule has 8 nitrogen and oxygen atoms in total. The Hall–Kier alpha value is -1.96. The maximum atomic E-state index is 11.2. The molecule has 2 aliphatic heterocycles. The van der Waals surface area contributed by atoms with E-state index in [1.165, 1.54) is 0 Å². The summed E-state index contributed by atoms with van der Waals surface area (Å²) >= 11 is 3.30. The second kappa shape index (κ2) is 11.2. The summed E-state index contributed by atoms with van der Waals surface area (Å²) in [5, 5.41) is 0.932. The van der Waals surface area contributed by atoms with Gasteiger partial charge in [-0.15, -0.1) is 0 Å². The van der Waals surface area contributed by atoms with E-state index in [-0.39, 0.29) is 16.9 Å². The molecule has 2 aromatic carbocycles. The number of fused-ring (bicyclic) bond motifs is 2. The van der Waals surface area contributed by atoms with Crippen LogP contribution in [0.3, 0.4) is 0 Å². The number of rotatable bonds is 10. The zero-order chi connectivity index (χ0) is 25.9. The van der Waals surface area contributed by atoms with E-state index in [1.807, 2.05) is 55.5 Å². The van der Waals surface area contributed by atoms with Crippen LogP contribution in [0.4, 0.5) is 11.4 Å². The smallest absolute Gasteiger partial charge is 0.264 e. The molecule has 12 heteroatoms. The molecule has 36 heavy (non-hydrogen) atoms. The molecule has 4 rings (SSSR count). The SMILES string of the molecule is CC(=C\C1Sc2ccccc2N1CCCS(=O)(=O)O)/C=C1/Sc2ccccc2N1CCCS(=O)(=O)O. The fraction of sp³-hybridized carbons (Fsp3) is 0.333. The molecule has 2 aliphatic rings. The molecule has 0 saturated carbocycles. The molecule has 0 aromatic heterocycles. The Kier molecular flexibility index (Phi) is 8.42. The lowest BCUT2D eigenvalue weighted by Crippen LogP contribution is -2.30. The largest absolute Gasteiger partial charge is 0.355 e. The van der Waals surface area contributed by atoms with E-state index in [0.29, 0.717) is 25.9 Å². The Morgan fingerprint density at radius 2 is 1.47 bits per heavy atom. The molecule has 2 aromatic rings. The predicted molar refractivity (Wildman–Crippen MR) is 147 cm³/mol. The minimum Gasteiger partial charge on any atom is -0.355 e. The maximum absolute atomic E-state index is 11.2. The molecular weight excluding hydrogens is 541 g/mol. The molecule has 0 spiro atoms. The van der Waals surface area contributed by atoms with Crippen molar-refractivity contribution in [3.63, 3.8) is 0 Å². The van der Waals surface area contributed by atoms with Crippen LogP contribution in [0.15, 0.2) is 81.1 Å². The lowest BCUT2D eigenvalue weighted by molar-refractivity contribution is 0.479. The third-order valence-electron chi connectivity index (χ3n) is 5.71. The van der Waals surface area contributed by atoms with Crippen LogP contribution in [0.1, 0.15) is 19.8 Å². The highest BCUT2D eigenvalue weighted by atomic mass is 32.2. The van der Waals surface area contributed by atoms with E-state index in [4.69, 9.17) is 9.11 Å². The molecule has 0 aliphatic carbocycles. The Bertz CT molecular complexity index is 1390. The van der Waals surface area contributed by atoms with Crippen LogP contribution >= 0.6 is 23.5 Å². The summed E-state index contributed by atoms with van der Waals surface area (Å²) in [5.41, 5.74) is 3.05. The zero-order valence-corrected chi connectivity index (χ0v) is 22.9. The van der Waals surface area contributed by atoms with Gasteiger partial charge in [0.1, 0.15) is 0 Å². The Morgan fingerprint density at radius 3 is 2.14 bits per heavy atom. The Morgan fingerprint density at radius 1 is 0.889 bits per heavy atom. The van der Waals surface area contributed by atoms with Gasteiger partial charge in [-0.2, -0.15) is 16.8 Å². The fourth-order valence-corrected chi connectivity index (χ4v) is 7.72. The van der Waals surface area contributed by atoms with E-state index in [1.54, 1.807) is 23.5 Å². The molecule has 2 N–H and O–H groups in total. The van der Waals surface area contributed by atoms with Crippen molar-refractivity contribution in [1.82, 2.24) is 0 Å². The monoisotopic (exact) mass is 568 g/mol. The molecule has 1 atom stereocenters. The molecule has 0 saturated heterocycles. The average Bonchev–Trinajstić information content (AvgIpc) is 3.30. The van der Waals surface area contributed by atoms with Gasteiger partial charge in [-0.05, 0) is 61.8 Å². The summed E-state index contributed by atoms with van der Waals surface area (Å²) in [5.74, 6) is -0.586. The van der Waals surface area contributed by atoms with Crippen LogP contribution in [-0.2, 0) is 20.2 Å². The first-order chi connectivity index (χ1) is 17.0. The molecule has 0 amide bonds. The first kappa shape index (κ1) is 27.1. The number of allylic oxidation sites excluding steroid dienone is 2. The predicted octanol–water partition coefficient (Wildman–Crippen LogP) is 4.88. The first-order valence-electron chi connectivity index (χ1n) is 11.4. The second-order valence-electron chi connectivity index (χ2n) is 8.56. The average molecular weight is 569 g/mol. The van der Waals surface area contributed by atoms with Crippen LogP contribution in [-0.4, -0.2) is 55.9 Å². The number of benzene rings is 2. The van der Waals surface area contributed by atoms with Crippen molar-refractivity contribution in [2.45, 2.75) is 34.9 Å². The minimum absolute atomic E-state index is 0.0394. The van der Waals surface area contributed by atoms with Crippen LogP contribution in [0.5, 0.6) is 0 Å². The summed E-state index contributed by atoms with van der Waals surface area (Å²) < 4.78 is 63.1. The van der Waals surface area contributed by atoms with Crippen molar-refractivity contribution in [3.8, 4) is 0 Å². The third kappa shape index (κ3) is 7.08. The summed E-state index contributed by atoms with van der Waals surface area (Å²) in [7, 11) is -8.04. The minimum atomic E-state index is -4.02. The Labute approximate surface area is 221 Å². The normalized spacial score (nSPS) is 19.1. The van der Waals surface area contributed by atoms with Gasteiger partial charge < -0.3 is 9.80 Å². The van der Waals surface area contributed by atoms with Crippen molar-refractivity contribution >= 4 is 55.1 Å². The quantitative estimate of drug-likeness (QED) is 0.384. The van der Waals surface area contributed by atoms with Gasteiger partial charge >= 0.3 is 0 Å². The molecule has 1 unspecified atom stereocenters. The van der Waals surface area contributed by atoms with E-state index in [2.05, 4.69) is 22.0 Å². The summed E-state index contributed by atoms with van der Waals surface area (Å²) in [6.07, 6.45) is 4.80. The van der Waals surface area contributed by atoms with Gasteiger partial charge in [0.25, 0.3) is 20.2 Å². The van der Waals surface area contributed by atoms with Crippen molar-refractivity contribution in [1.29, 1.82) is 0 Å². The number of nitrogens with zero attached hydrogens (tertiary/aromatic N) is 2. The van der Waals surface area contributed by atoms with Crippen molar-refractivity contribution in [2.24, 2.45) is 0 Å². The first-order valence-corrected chi connectivity index (χ1v) is 16.3. The van der Waals surface area contributed by atoms with Crippen LogP contribution in [0.2, 0.25) is 0 Å². The fourth-order valence-electron chi connectivity index (χ4n) is 4.18. The van der Waals surface area contributed by atoms with Crippen molar-refractivity contribution in [2.75, 3.05) is 34.4 Å². The lowest BCUT2D eigenvalue weighted by Gasteiger charge is -2.25. The highest BCUT2D eigenvalue weighted by Crippen LogP contribution is 2.47. The van der Waals surface area contributed by atoms with Gasteiger partial charge in [-0.25, -0.2) is 0 Å². The van der Waals surface area contributed by atoms with Crippen LogP contribution in [0.25, 0.3) is 0 Å². The van der Waals surface area contributed by atoms with Gasteiger partial charge in [0.15, 0.2) is 0 Å². The topological polar surface area (TPSA) is 115 Å². The highest BCUT2D eigenvalue weighted by Gasteiger charge is 2.29. The Balaban J connectivity index is 1.55.